The van der Waals surface area contributed by atoms with Gasteiger partial charge in [0.1, 0.15) is 0 Å². The number of aromatic nitrogens is 3. The number of nitrogen functional groups attached to an aromatic ring is 1. The molecule has 2 aromatic heterocycles. The molecule has 0 bridgehead atoms. The van der Waals surface area contributed by atoms with Gasteiger partial charge in [-0.3, -0.25) is 0 Å². The number of thiazole rings is 1. The highest BCUT2D eigenvalue weighted by Gasteiger charge is 2.15. The Morgan fingerprint density at radius 2 is 2.06 bits per heavy atom. The lowest BCUT2D eigenvalue weighted by atomic mass is 10.2. The van der Waals surface area contributed by atoms with Crippen LogP contribution in [0.25, 0.3) is 9.88 Å². The molecule has 98 valence electrons. The van der Waals surface area contributed by atoms with Gasteiger partial charge in [-0.15, -0.1) is 21.5 Å². The molecule has 0 aromatic carbocycles. The zero-order chi connectivity index (χ0) is 13.0. The van der Waals surface area contributed by atoms with E-state index in [1.807, 2.05) is 0 Å². The van der Waals surface area contributed by atoms with Gasteiger partial charge in [0, 0.05) is 13.5 Å². The lowest BCUT2D eigenvalue weighted by Crippen LogP contribution is -1.94. The summed E-state index contributed by atoms with van der Waals surface area (Å²) in [5.74, 6) is 0. The van der Waals surface area contributed by atoms with Crippen LogP contribution < -0.4 is 5.73 Å². The second-order valence-corrected chi connectivity index (χ2v) is 5.91. The average molecular weight is 284 g/mol. The van der Waals surface area contributed by atoms with Gasteiger partial charge in [-0.05, 0) is 6.42 Å². The zero-order valence-electron chi connectivity index (χ0n) is 10.5. The van der Waals surface area contributed by atoms with Gasteiger partial charge >= 0.3 is 0 Å². The minimum atomic E-state index is 0.499. The summed E-state index contributed by atoms with van der Waals surface area (Å²) >= 11 is 3.08. The van der Waals surface area contributed by atoms with Crippen molar-refractivity contribution in [3.63, 3.8) is 0 Å². The molecule has 18 heavy (non-hydrogen) atoms. The summed E-state index contributed by atoms with van der Waals surface area (Å²) in [4.78, 5) is 5.77. The van der Waals surface area contributed by atoms with Gasteiger partial charge < -0.3 is 10.5 Å². The van der Waals surface area contributed by atoms with Gasteiger partial charge in [-0.2, -0.15) is 0 Å². The maximum atomic E-state index is 5.64. The summed E-state index contributed by atoms with van der Waals surface area (Å²) < 4.78 is 5.09. The second kappa shape index (κ2) is 6.21. The molecule has 0 aliphatic rings. The number of nitrogens with zero attached hydrogens (tertiary/aromatic N) is 3. The highest BCUT2D eigenvalue weighted by atomic mass is 32.1. The summed E-state index contributed by atoms with van der Waals surface area (Å²) in [7, 11) is 1.70. The number of hydrogen-bond donors (Lipinski definition) is 1. The Morgan fingerprint density at radius 3 is 2.67 bits per heavy atom. The number of nitrogens with two attached hydrogens (primary N) is 1. The van der Waals surface area contributed by atoms with Gasteiger partial charge in [0.05, 0.1) is 22.2 Å². The van der Waals surface area contributed by atoms with Gasteiger partial charge in [-0.1, -0.05) is 24.7 Å². The summed E-state index contributed by atoms with van der Waals surface area (Å²) in [5.41, 5.74) is 6.74. The topological polar surface area (TPSA) is 73.9 Å². The monoisotopic (exact) mass is 284 g/mol. The first-order valence-electron chi connectivity index (χ1n) is 5.81. The van der Waals surface area contributed by atoms with Crippen LogP contribution in [0.15, 0.2) is 0 Å². The lowest BCUT2D eigenvalue weighted by Gasteiger charge is -1.94. The van der Waals surface area contributed by atoms with Crippen molar-refractivity contribution in [3.05, 3.63) is 10.7 Å². The van der Waals surface area contributed by atoms with Crippen LogP contribution in [-0.2, 0) is 17.6 Å². The third-order valence-corrected chi connectivity index (χ3v) is 4.45. The fraction of sp³-hybridized carbons (Fsp3) is 0.545. The zero-order valence-corrected chi connectivity index (χ0v) is 12.1. The summed E-state index contributed by atoms with van der Waals surface area (Å²) in [6.45, 7) is 2.84. The van der Waals surface area contributed by atoms with Gasteiger partial charge in [0.25, 0.3) is 0 Å². The Kier molecular flexibility index (Phi) is 4.62. The molecule has 0 aliphatic carbocycles. The third-order valence-electron chi connectivity index (χ3n) is 2.38. The van der Waals surface area contributed by atoms with Crippen LogP contribution in [0.5, 0.6) is 0 Å². The molecular weight excluding hydrogens is 268 g/mol. The molecule has 2 heterocycles. The van der Waals surface area contributed by atoms with Crippen molar-refractivity contribution >= 4 is 27.8 Å². The number of methoxy groups -OCH3 is 1. The Hall–Kier alpha value is -1.05. The van der Waals surface area contributed by atoms with E-state index in [9.17, 15) is 0 Å². The van der Waals surface area contributed by atoms with E-state index in [-0.39, 0.29) is 0 Å². The fourth-order valence-corrected chi connectivity index (χ4v) is 3.39. The predicted molar refractivity (Wildman–Crippen MR) is 75.0 cm³/mol. The SMILES string of the molecule is CCCc1nc(CCOC)sc1-c1nnc(N)s1. The largest absolute Gasteiger partial charge is 0.384 e. The van der Waals surface area contributed by atoms with E-state index < -0.39 is 0 Å². The maximum Gasteiger partial charge on any atom is 0.203 e. The van der Waals surface area contributed by atoms with Crippen molar-refractivity contribution < 1.29 is 4.74 Å². The molecule has 2 aromatic rings. The molecule has 0 atom stereocenters. The Labute approximate surface area is 114 Å². The van der Waals surface area contributed by atoms with Gasteiger partial charge in [-0.25, -0.2) is 4.98 Å². The quantitative estimate of drug-likeness (QED) is 0.881. The van der Waals surface area contributed by atoms with E-state index in [0.29, 0.717) is 11.7 Å². The highest BCUT2D eigenvalue weighted by molar-refractivity contribution is 7.23. The van der Waals surface area contributed by atoms with E-state index in [0.717, 1.165) is 39.8 Å². The summed E-state index contributed by atoms with van der Waals surface area (Å²) in [6.07, 6.45) is 2.86. The minimum absolute atomic E-state index is 0.499. The van der Waals surface area contributed by atoms with Crippen LogP contribution in [0.3, 0.4) is 0 Å². The molecule has 0 spiro atoms. The van der Waals surface area contributed by atoms with E-state index >= 15 is 0 Å². The molecule has 0 fully saturated rings. The smallest absolute Gasteiger partial charge is 0.203 e. The normalized spacial score (nSPS) is 11.0. The number of aryl methyl sites for hydroxylation is 1. The van der Waals surface area contributed by atoms with Gasteiger partial charge in [0.15, 0.2) is 5.01 Å². The average Bonchev–Trinajstić information content (AvgIpc) is 2.93. The molecule has 0 radical (unpaired) electrons. The molecule has 0 saturated carbocycles. The van der Waals surface area contributed by atoms with Crippen LogP contribution >= 0.6 is 22.7 Å². The van der Waals surface area contributed by atoms with E-state index in [4.69, 9.17) is 10.5 Å². The first-order chi connectivity index (χ1) is 8.74. The molecule has 2 N–H and O–H groups in total. The van der Waals surface area contributed by atoms with Crippen LogP contribution in [0.1, 0.15) is 24.0 Å². The molecule has 0 unspecified atom stereocenters. The van der Waals surface area contributed by atoms with Crippen molar-refractivity contribution in [1.82, 2.24) is 15.2 Å². The van der Waals surface area contributed by atoms with Gasteiger partial charge in [0.2, 0.25) is 5.13 Å². The minimum Gasteiger partial charge on any atom is -0.384 e. The maximum absolute atomic E-state index is 5.64. The third kappa shape index (κ3) is 3.04. The highest BCUT2D eigenvalue weighted by Crippen LogP contribution is 2.34. The van der Waals surface area contributed by atoms with Crippen molar-refractivity contribution in [2.24, 2.45) is 0 Å². The van der Waals surface area contributed by atoms with Crippen LogP contribution in [0, 0.1) is 0 Å². The summed E-state index contributed by atoms with van der Waals surface area (Å²) in [6, 6.07) is 0. The number of ether oxygens (including phenoxy) is 1. The summed E-state index contributed by atoms with van der Waals surface area (Å²) in [5, 5.41) is 10.4. The number of rotatable bonds is 6. The molecule has 0 aliphatic heterocycles. The van der Waals surface area contributed by atoms with E-state index in [1.165, 1.54) is 11.3 Å². The first-order valence-corrected chi connectivity index (χ1v) is 7.44. The molecule has 0 amide bonds. The molecule has 7 heteroatoms. The van der Waals surface area contributed by atoms with Crippen molar-refractivity contribution in [2.75, 3.05) is 19.5 Å². The molecule has 2 rings (SSSR count). The van der Waals surface area contributed by atoms with E-state index in [2.05, 4.69) is 22.1 Å². The van der Waals surface area contributed by atoms with Crippen LogP contribution in [0.2, 0.25) is 0 Å². The molecule has 0 saturated heterocycles. The molecular formula is C11H16N4OS2. The number of anilines is 1. The predicted octanol–water partition coefficient (Wildman–Crippen LogP) is 2.39. The van der Waals surface area contributed by atoms with Crippen molar-refractivity contribution in [1.29, 1.82) is 0 Å². The second-order valence-electron chi connectivity index (χ2n) is 3.82. The van der Waals surface area contributed by atoms with E-state index in [1.54, 1.807) is 18.4 Å². The van der Waals surface area contributed by atoms with Crippen LogP contribution in [0.4, 0.5) is 5.13 Å². The first kappa shape index (κ1) is 13.4. The lowest BCUT2D eigenvalue weighted by molar-refractivity contribution is 0.202. The fourth-order valence-electron chi connectivity index (χ4n) is 1.60. The number of hydrogen-bond acceptors (Lipinski definition) is 7. The Bertz CT molecular complexity index is 509. The molecule has 5 nitrogen and oxygen atoms in total. The van der Waals surface area contributed by atoms with Crippen LogP contribution in [-0.4, -0.2) is 28.9 Å². The standard InChI is InChI=1S/C11H16N4OS2/c1-3-4-7-9(10-14-15-11(12)18-10)17-8(13-7)5-6-16-2/h3-6H2,1-2H3,(H2,12,15). The Balaban J connectivity index is 2.28. The Morgan fingerprint density at radius 1 is 1.22 bits per heavy atom. The van der Waals surface area contributed by atoms with Crippen molar-refractivity contribution in [2.45, 2.75) is 26.2 Å². The van der Waals surface area contributed by atoms with Crippen molar-refractivity contribution in [3.8, 4) is 9.88 Å².